The molecule has 0 amide bonds. The van der Waals surface area contributed by atoms with E-state index in [2.05, 4.69) is 11.1 Å². The molecule has 0 aliphatic heterocycles. The predicted octanol–water partition coefficient (Wildman–Crippen LogP) is 2.20. The summed E-state index contributed by atoms with van der Waals surface area (Å²) >= 11 is 0. The van der Waals surface area contributed by atoms with Crippen LogP contribution in [0, 0.1) is 18.3 Å². The standard InChI is InChI=1S/C10H8N2O/c1-7-6-13-9-3-5-12-8(2-4-11)10(7)9/h3,5-6H,2H2,1H3. The van der Waals surface area contributed by atoms with Gasteiger partial charge in [0.15, 0.2) is 0 Å². The molecule has 2 aromatic heterocycles. The monoisotopic (exact) mass is 172 g/mol. The molecule has 3 heteroatoms. The third-order valence-electron chi connectivity index (χ3n) is 1.99. The minimum Gasteiger partial charge on any atom is -0.464 e. The fraction of sp³-hybridized carbons (Fsp3) is 0.200. The number of nitriles is 1. The summed E-state index contributed by atoms with van der Waals surface area (Å²) in [5, 5.41) is 9.56. The highest BCUT2D eigenvalue weighted by molar-refractivity contribution is 5.83. The molecule has 0 aromatic carbocycles. The topological polar surface area (TPSA) is 49.8 Å². The average molecular weight is 172 g/mol. The van der Waals surface area contributed by atoms with Gasteiger partial charge in [-0.2, -0.15) is 5.26 Å². The summed E-state index contributed by atoms with van der Waals surface area (Å²) in [7, 11) is 0. The zero-order valence-corrected chi connectivity index (χ0v) is 7.24. The van der Waals surface area contributed by atoms with Crippen LogP contribution in [0.2, 0.25) is 0 Å². The Balaban J connectivity index is 2.74. The average Bonchev–Trinajstić information content (AvgIpc) is 2.50. The molecule has 0 fully saturated rings. The highest BCUT2D eigenvalue weighted by Crippen LogP contribution is 2.22. The number of fused-ring (bicyclic) bond motifs is 1. The third-order valence-corrected chi connectivity index (χ3v) is 1.99. The molecule has 0 N–H and O–H groups in total. The van der Waals surface area contributed by atoms with E-state index >= 15 is 0 Å². The van der Waals surface area contributed by atoms with E-state index in [-0.39, 0.29) is 0 Å². The van der Waals surface area contributed by atoms with Crippen molar-refractivity contribution in [2.45, 2.75) is 13.3 Å². The van der Waals surface area contributed by atoms with Crippen LogP contribution in [0.3, 0.4) is 0 Å². The zero-order valence-electron chi connectivity index (χ0n) is 7.24. The van der Waals surface area contributed by atoms with Crippen LogP contribution in [0.5, 0.6) is 0 Å². The van der Waals surface area contributed by atoms with Crippen LogP contribution in [-0.4, -0.2) is 4.98 Å². The van der Waals surface area contributed by atoms with Gasteiger partial charge in [-0.3, -0.25) is 4.98 Å². The molecule has 0 aliphatic rings. The van der Waals surface area contributed by atoms with Crippen LogP contribution in [0.15, 0.2) is 22.9 Å². The summed E-state index contributed by atoms with van der Waals surface area (Å²) in [6, 6.07) is 3.90. The Morgan fingerprint density at radius 1 is 1.62 bits per heavy atom. The largest absolute Gasteiger partial charge is 0.464 e. The Labute approximate surface area is 75.6 Å². The van der Waals surface area contributed by atoms with Crippen molar-refractivity contribution in [1.29, 1.82) is 5.26 Å². The fourth-order valence-electron chi connectivity index (χ4n) is 1.42. The minimum atomic E-state index is 0.331. The van der Waals surface area contributed by atoms with Crippen molar-refractivity contribution in [3.63, 3.8) is 0 Å². The van der Waals surface area contributed by atoms with Gasteiger partial charge in [0.25, 0.3) is 0 Å². The summed E-state index contributed by atoms with van der Waals surface area (Å²) in [6.07, 6.45) is 3.68. The summed E-state index contributed by atoms with van der Waals surface area (Å²) in [4.78, 5) is 4.15. The van der Waals surface area contributed by atoms with Crippen molar-refractivity contribution in [1.82, 2.24) is 4.98 Å². The van der Waals surface area contributed by atoms with Gasteiger partial charge in [-0.1, -0.05) is 0 Å². The smallest absolute Gasteiger partial charge is 0.137 e. The van der Waals surface area contributed by atoms with Crippen molar-refractivity contribution in [3.8, 4) is 6.07 Å². The van der Waals surface area contributed by atoms with Gasteiger partial charge in [-0.15, -0.1) is 0 Å². The summed E-state index contributed by atoms with van der Waals surface area (Å²) in [6.45, 7) is 1.95. The van der Waals surface area contributed by atoms with Crippen molar-refractivity contribution in [2.24, 2.45) is 0 Å². The number of furan rings is 1. The first kappa shape index (κ1) is 7.81. The lowest BCUT2D eigenvalue weighted by molar-refractivity contribution is 0.612. The summed E-state index contributed by atoms with van der Waals surface area (Å²) in [5.41, 5.74) is 2.64. The van der Waals surface area contributed by atoms with Crippen LogP contribution in [0.4, 0.5) is 0 Å². The molecular formula is C10H8N2O. The number of hydrogen-bond acceptors (Lipinski definition) is 3. The van der Waals surface area contributed by atoms with Gasteiger partial charge in [0, 0.05) is 11.6 Å². The van der Waals surface area contributed by atoms with Crippen molar-refractivity contribution in [3.05, 3.63) is 29.8 Å². The van der Waals surface area contributed by atoms with E-state index in [1.54, 1.807) is 12.5 Å². The van der Waals surface area contributed by atoms with E-state index in [4.69, 9.17) is 9.68 Å². The lowest BCUT2D eigenvalue weighted by atomic mass is 10.1. The number of rotatable bonds is 1. The van der Waals surface area contributed by atoms with Gasteiger partial charge in [-0.05, 0) is 18.6 Å². The van der Waals surface area contributed by atoms with Crippen molar-refractivity contribution < 1.29 is 4.42 Å². The van der Waals surface area contributed by atoms with Gasteiger partial charge in [-0.25, -0.2) is 0 Å². The first-order valence-electron chi connectivity index (χ1n) is 4.01. The highest BCUT2D eigenvalue weighted by atomic mass is 16.3. The van der Waals surface area contributed by atoms with Crippen LogP contribution < -0.4 is 0 Å². The van der Waals surface area contributed by atoms with Crippen molar-refractivity contribution >= 4 is 11.0 Å². The molecule has 0 saturated carbocycles. The zero-order chi connectivity index (χ0) is 9.26. The van der Waals surface area contributed by atoms with Gasteiger partial charge >= 0.3 is 0 Å². The molecule has 2 heterocycles. The van der Waals surface area contributed by atoms with E-state index in [1.165, 1.54) is 0 Å². The Hall–Kier alpha value is -1.82. The second-order valence-corrected chi connectivity index (χ2v) is 2.88. The molecule has 0 unspecified atom stereocenters. The minimum absolute atomic E-state index is 0.331. The van der Waals surface area contributed by atoms with Crippen LogP contribution in [0.1, 0.15) is 11.3 Å². The fourth-order valence-corrected chi connectivity index (χ4v) is 1.42. The molecule has 13 heavy (non-hydrogen) atoms. The number of aromatic nitrogens is 1. The maximum atomic E-state index is 8.59. The van der Waals surface area contributed by atoms with E-state index in [9.17, 15) is 0 Å². The van der Waals surface area contributed by atoms with Crippen LogP contribution in [0.25, 0.3) is 11.0 Å². The molecule has 2 aromatic rings. The summed E-state index contributed by atoms with van der Waals surface area (Å²) < 4.78 is 5.29. The van der Waals surface area contributed by atoms with E-state index in [0.717, 1.165) is 22.2 Å². The lowest BCUT2D eigenvalue weighted by Gasteiger charge is -1.95. The molecule has 64 valence electrons. The van der Waals surface area contributed by atoms with Gasteiger partial charge in [0.05, 0.1) is 24.4 Å². The Kier molecular flexibility index (Phi) is 1.75. The van der Waals surface area contributed by atoms with Crippen LogP contribution >= 0.6 is 0 Å². The molecule has 0 spiro atoms. The molecule has 0 aliphatic carbocycles. The van der Waals surface area contributed by atoms with Gasteiger partial charge < -0.3 is 4.42 Å². The lowest BCUT2D eigenvalue weighted by Crippen LogP contribution is -1.88. The number of pyridine rings is 1. The molecule has 3 nitrogen and oxygen atoms in total. The number of nitrogens with zero attached hydrogens (tertiary/aromatic N) is 2. The maximum absolute atomic E-state index is 8.59. The van der Waals surface area contributed by atoms with Gasteiger partial charge in [0.1, 0.15) is 5.58 Å². The molecule has 0 atom stereocenters. The number of aryl methyl sites for hydroxylation is 1. The quantitative estimate of drug-likeness (QED) is 0.662. The Morgan fingerprint density at radius 3 is 3.23 bits per heavy atom. The first-order valence-corrected chi connectivity index (χ1v) is 4.01. The van der Waals surface area contributed by atoms with Crippen molar-refractivity contribution in [2.75, 3.05) is 0 Å². The normalized spacial score (nSPS) is 10.2. The van der Waals surface area contributed by atoms with E-state index in [1.807, 2.05) is 13.0 Å². The Bertz CT molecular complexity index is 479. The maximum Gasteiger partial charge on any atom is 0.137 e. The predicted molar refractivity (Wildman–Crippen MR) is 48.1 cm³/mol. The molecule has 2 rings (SSSR count). The van der Waals surface area contributed by atoms with Crippen LogP contribution in [-0.2, 0) is 6.42 Å². The Morgan fingerprint density at radius 2 is 2.46 bits per heavy atom. The molecule has 0 saturated heterocycles. The third kappa shape index (κ3) is 1.17. The molecule has 0 radical (unpaired) electrons. The SMILES string of the molecule is Cc1coc2ccnc(CC#N)c12. The second kappa shape index (κ2) is 2.91. The highest BCUT2D eigenvalue weighted by Gasteiger charge is 2.07. The molecule has 0 bridgehead atoms. The molecular weight excluding hydrogens is 164 g/mol. The van der Waals surface area contributed by atoms with E-state index < -0.39 is 0 Å². The second-order valence-electron chi connectivity index (χ2n) is 2.88. The van der Waals surface area contributed by atoms with Gasteiger partial charge in [0.2, 0.25) is 0 Å². The van der Waals surface area contributed by atoms with E-state index in [0.29, 0.717) is 6.42 Å². The summed E-state index contributed by atoms with van der Waals surface area (Å²) in [5.74, 6) is 0. The number of hydrogen-bond donors (Lipinski definition) is 0. The first-order chi connectivity index (χ1) is 6.33.